The van der Waals surface area contributed by atoms with E-state index in [0.29, 0.717) is 12.4 Å². The molecule has 0 saturated heterocycles. The summed E-state index contributed by atoms with van der Waals surface area (Å²) >= 11 is 6.16. The summed E-state index contributed by atoms with van der Waals surface area (Å²) in [6.07, 6.45) is 0. The number of carbonyl (C=O) groups excluding carboxylic acids is 2. The zero-order valence-corrected chi connectivity index (χ0v) is 13.7. The van der Waals surface area contributed by atoms with Gasteiger partial charge in [-0.3, -0.25) is 4.79 Å². The molecule has 0 fully saturated rings. The Bertz CT molecular complexity index is 710. The molecule has 4 nitrogen and oxygen atoms in total. The van der Waals surface area contributed by atoms with E-state index in [-0.39, 0.29) is 28.5 Å². The first-order valence-electron chi connectivity index (χ1n) is 7.21. The van der Waals surface area contributed by atoms with Gasteiger partial charge in [-0.05, 0) is 31.5 Å². The fourth-order valence-corrected chi connectivity index (χ4v) is 2.29. The van der Waals surface area contributed by atoms with Crippen molar-refractivity contribution in [3.05, 3.63) is 64.2 Å². The van der Waals surface area contributed by atoms with Crippen molar-refractivity contribution in [2.75, 3.05) is 6.61 Å². The van der Waals surface area contributed by atoms with Crippen LogP contribution >= 0.6 is 11.6 Å². The quantitative estimate of drug-likeness (QED) is 0.584. The number of ether oxygens (including phenoxy) is 2. The van der Waals surface area contributed by atoms with E-state index in [9.17, 15) is 9.59 Å². The summed E-state index contributed by atoms with van der Waals surface area (Å²) in [5.74, 6) is -0.493. The third-order valence-corrected chi connectivity index (χ3v) is 3.48. The van der Waals surface area contributed by atoms with Crippen molar-refractivity contribution in [2.24, 2.45) is 0 Å². The number of benzene rings is 2. The first-order chi connectivity index (χ1) is 11.0. The highest BCUT2D eigenvalue weighted by atomic mass is 35.5. The number of rotatable bonds is 6. The highest BCUT2D eigenvalue weighted by Gasteiger charge is 2.19. The van der Waals surface area contributed by atoms with Crippen molar-refractivity contribution in [3.8, 4) is 5.75 Å². The molecular weight excluding hydrogens is 316 g/mol. The van der Waals surface area contributed by atoms with E-state index in [1.807, 2.05) is 30.3 Å². The molecule has 23 heavy (non-hydrogen) atoms. The van der Waals surface area contributed by atoms with Crippen molar-refractivity contribution in [2.45, 2.75) is 20.5 Å². The Morgan fingerprint density at radius 1 is 1.09 bits per heavy atom. The molecule has 0 amide bonds. The second-order valence-corrected chi connectivity index (χ2v) is 5.29. The van der Waals surface area contributed by atoms with Crippen molar-refractivity contribution in [1.29, 1.82) is 0 Å². The number of halogens is 1. The van der Waals surface area contributed by atoms with E-state index < -0.39 is 5.97 Å². The van der Waals surface area contributed by atoms with Crippen molar-refractivity contribution in [1.82, 2.24) is 0 Å². The summed E-state index contributed by atoms with van der Waals surface area (Å²) in [7, 11) is 0. The van der Waals surface area contributed by atoms with Crippen LogP contribution in [0.25, 0.3) is 0 Å². The minimum atomic E-state index is -0.570. The lowest BCUT2D eigenvalue weighted by molar-refractivity contribution is 0.0522. The van der Waals surface area contributed by atoms with Gasteiger partial charge in [0.2, 0.25) is 0 Å². The monoisotopic (exact) mass is 332 g/mol. The Morgan fingerprint density at radius 2 is 1.78 bits per heavy atom. The minimum Gasteiger partial charge on any atom is -0.487 e. The van der Waals surface area contributed by atoms with Gasteiger partial charge in [-0.15, -0.1) is 0 Å². The number of Topliss-reactive ketones (excluding diaryl/α,β-unsaturated/α-hetero) is 1. The molecule has 0 spiro atoms. The normalized spacial score (nSPS) is 10.2. The molecule has 0 bridgehead atoms. The van der Waals surface area contributed by atoms with Gasteiger partial charge in [-0.1, -0.05) is 41.9 Å². The van der Waals surface area contributed by atoms with Gasteiger partial charge in [-0.25, -0.2) is 4.79 Å². The standard InChI is InChI=1S/C18H17ClO4/c1-3-22-18(21)15-10-17(16(19)9-14(15)12(2)20)23-11-13-7-5-4-6-8-13/h4-10H,3,11H2,1-2H3. The lowest BCUT2D eigenvalue weighted by atomic mass is 10.0. The summed E-state index contributed by atoms with van der Waals surface area (Å²) in [6.45, 7) is 3.61. The molecule has 0 heterocycles. The van der Waals surface area contributed by atoms with Crippen LogP contribution < -0.4 is 4.74 Å². The highest BCUT2D eigenvalue weighted by Crippen LogP contribution is 2.30. The largest absolute Gasteiger partial charge is 0.487 e. The van der Waals surface area contributed by atoms with Crippen LogP contribution in [0.2, 0.25) is 5.02 Å². The van der Waals surface area contributed by atoms with Crippen LogP contribution in [0, 0.1) is 0 Å². The van der Waals surface area contributed by atoms with Gasteiger partial charge in [0.25, 0.3) is 0 Å². The molecule has 0 aliphatic rings. The molecule has 5 heteroatoms. The Hall–Kier alpha value is -2.33. The fourth-order valence-electron chi connectivity index (χ4n) is 2.07. The zero-order valence-electron chi connectivity index (χ0n) is 13.0. The van der Waals surface area contributed by atoms with Crippen LogP contribution in [-0.2, 0) is 11.3 Å². The average molecular weight is 333 g/mol. The maximum Gasteiger partial charge on any atom is 0.338 e. The van der Waals surface area contributed by atoms with Crippen LogP contribution in [0.4, 0.5) is 0 Å². The molecule has 2 aromatic carbocycles. The lowest BCUT2D eigenvalue weighted by Gasteiger charge is -2.12. The van der Waals surface area contributed by atoms with Gasteiger partial charge in [0.15, 0.2) is 5.78 Å². The lowest BCUT2D eigenvalue weighted by Crippen LogP contribution is -2.11. The second-order valence-electron chi connectivity index (χ2n) is 4.88. The molecule has 0 aromatic heterocycles. The maximum absolute atomic E-state index is 12.0. The smallest absolute Gasteiger partial charge is 0.338 e. The topological polar surface area (TPSA) is 52.6 Å². The molecule has 0 atom stereocenters. The second kappa shape index (κ2) is 7.79. The van der Waals surface area contributed by atoms with Crippen molar-refractivity contribution in [3.63, 3.8) is 0 Å². The molecule has 0 N–H and O–H groups in total. The van der Waals surface area contributed by atoms with Gasteiger partial charge in [-0.2, -0.15) is 0 Å². The number of hydrogen-bond donors (Lipinski definition) is 0. The fraction of sp³-hybridized carbons (Fsp3) is 0.222. The number of ketones is 1. The molecule has 0 aliphatic heterocycles. The van der Waals surface area contributed by atoms with E-state index in [1.54, 1.807) is 6.92 Å². The van der Waals surface area contributed by atoms with E-state index >= 15 is 0 Å². The summed E-state index contributed by atoms with van der Waals surface area (Å²) in [6, 6.07) is 12.5. The first-order valence-corrected chi connectivity index (χ1v) is 7.59. The first kappa shape index (κ1) is 17.0. The van der Waals surface area contributed by atoms with Gasteiger partial charge in [0, 0.05) is 5.56 Å². The number of esters is 1. The summed E-state index contributed by atoms with van der Waals surface area (Å²) < 4.78 is 10.7. The van der Waals surface area contributed by atoms with E-state index in [2.05, 4.69) is 0 Å². The molecular formula is C18H17ClO4. The van der Waals surface area contributed by atoms with Gasteiger partial charge >= 0.3 is 5.97 Å². The minimum absolute atomic E-state index is 0.159. The Kier molecular flexibility index (Phi) is 5.77. The summed E-state index contributed by atoms with van der Waals surface area (Å²) in [4.78, 5) is 23.7. The summed E-state index contributed by atoms with van der Waals surface area (Å²) in [5.41, 5.74) is 1.35. The van der Waals surface area contributed by atoms with Crippen molar-refractivity contribution >= 4 is 23.4 Å². The SMILES string of the molecule is CCOC(=O)c1cc(OCc2ccccc2)c(Cl)cc1C(C)=O. The third-order valence-electron chi connectivity index (χ3n) is 3.18. The molecule has 120 valence electrons. The summed E-state index contributed by atoms with van der Waals surface area (Å²) in [5, 5.41) is 0.277. The van der Waals surface area contributed by atoms with Gasteiger partial charge < -0.3 is 9.47 Å². The third kappa shape index (κ3) is 4.33. The molecule has 0 aliphatic carbocycles. The zero-order chi connectivity index (χ0) is 16.8. The van der Waals surface area contributed by atoms with Crippen LogP contribution in [0.3, 0.4) is 0 Å². The van der Waals surface area contributed by atoms with Gasteiger partial charge in [0.05, 0.1) is 17.2 Å². The average Bonchev–Trinajstić information content (AvgIpc) is 2.54. The van der Waals surface area contributed by atoms with Crippen LogP contribution in [0.1, 0.15) is 40.1 Å². The van der Waals surface area contributed by atoms with Crippen molar-refractivity contribution < 1.29 is 19.1 Å². The van der Waals surface area contributed by atoms with E-state index in [0.717, 1.165) is 5.56 Å². The Balaban J connectivity index is 2.31. The molecule has 2 rings (SSSR count). The van der Waals surface area contributed by atoms with Crippen LogP contribution in [0.15, 0.2) is 42.5 Å². The maximum atomic E-state index is 12.0. The van der Waals surface area contributed by atoms with Crippen LogP contribution in [-0.4, -0.2) is 18.4 Å². The highest BCUT2D eigenvalue weighted by molar-refractivity contribution is 6.32. The molecule has 0 saturated carbocycles. The Morgan fingerprint density at radius 3 is 2.39 bits per heavy atom. The number of hydrogen-bond acceptors (Lipinski definition) is 4. The van der Waals surface area contributed by atoms with E-state index in [1.165, 1.54) is 19.1 Å². The van der Waals surface area contributed by atoms with Crippen LogP contribution in [0.5, 0.6) is 5.75 Å². The number of carbonyl (C=O) groups is 2. The van der Waals surface area contributed by atoms with E-state index in [4.69, 9.17) is 21.1 Å². The molecule has 0 radical (unpaired) electrons. The molecule has 0 unspecified atom stereocenters. The Labute approximate surface area is 140 Å². The predicted octanol–water partition coefficient (Wildman–Crippen LogP) is 4.30. The predicted molar refractivity (Wildman–Crippen MR) is 88.2 cm³/mol. The van der Waals surface area contributed by atoms with Gasteiger partial charge in [0.1, 0.15) is 12.4 Å². The molecule has 2 aromatic rings.